The Labute approximate surface area is 133 Å². The monoisotopic (exact) mass is 299 g/mol. The Morgan fingerprint density at radius 3 is 2.55 bits per heavy atom. The minimum atomic E-state index is -0.806. The Morgan fingerprint density at radius 2 is 2.05 bits per heavy atom. The molecule has 1 amide bonds. The zero-order valence-corrected chi connectivity index (χ0v) is 13.7. The molecule has 1 atom stereocenters. The van der Waals surface area contributed by atoms with E-state index < -0.39 is 5.54 Å². The van der Waals surface area contributed by atoms with Crippen LogP contribution in [0.25, 0.3) is 0 Å². The number of nitrogens with one attached hydrogen (secondary N) is 1. The van der Waals surface area contributed by atoms with Crippen LogP contribution in [-0.2, 0) is 11.3 Å². The van der Waals surface area contributed by atoms with Gasteiger partial charge >= 0.3 is 0 Å². The Hall–Kier alpha value is -1.86. The summed E-state index contributed by atoms with van der Waals surface area (Å²) in [6, 6.07) is 12.9. The van der Waals surface area contributed by atoms with Crippen molar-refractivity contribution in [1.82, 2.24) is 10.2 Å². The molecule has 118 valence electrons. The summed E-state index contributed by atoms with van der Waals surface area (Å²) < 4.78 is 0. The third kappa shape index (κ3) is 4.32. The molecule has 0 spiro atoms. The Bertz CT molecular complexity index is 545. The lowest BCUT2D eigenvalue weighted by molar-refractivity contribution is -0.124. The first-order valence-electron chi connectivity index (χ1n) is 7.95. The number of carbonyl (C=O) groups excluding carboxylic acids is 1. The maximum absolute atomic E-state index is 12.4. The van der Waals surface area contributed by atoms with Gasteiger partial charge in [-0.15, -0.1) is 0 Å². The van der Waals surface area contributed by atoms with E-state index >= 15 is 0 Å². The molecule has 1 N–H and O–H groups in total. The fraction of sp³-hybridized carbons (Fsp3) is 0.556. The van der Waals surface area contributed by atoms with Gasteiger partial charge in [-0.2, -0.15) is 5.26 Å². The number of carbonyl (C=O) groups is 1. The van der Waals surface area contributed by atoms with Crippen LogP contribution in [0.15, 0.2) is 30.3 Å². The molecule has 0 radical (unpaired) electrons. The normalized spacial score (nSPS) is 17.1. The Balaban J connectivity index is 1.97. The van der Waals surface area contributed by atoms with Crippen molar-refractivity contribution in [3.8, 4) is 6.07 Å². The first-order chi connectivity index (χ1) is 10.4. The van der Waals surface area contributed by atoms with E-state index in [9.17, 15) is 10.1 Å². The van der Waals surface area contributed by atoms with Crippen LogP contribution in [0.5, 0.6) is 0 Å². The summed E-state index contributed by atoms with van der Waals surface area (Å²) in [6.45, 7) is 6.82. The molecule has 0 bridgehead atoms. The lowest BCUT2D eigenvalue weighted by atomic mass is 9.90. The van der Waals surface area contributed by atoms with Crippen molar-refractivity contribution in [3.05, 3.63) is 35.9 Å². The lowest BCUT2D eigenvalue weighted by Crippen LogP contribution is -2.52. The second kappa shape index (κ2) is 6.93. The van der Waals surface area contributed by atoms with E-state index in [-0.39, 0.29) is 11.8 Å². The molecule has 0 unspecified atom stereocenters. The molecule has 1 fully saturated rings. The van der Waals surface area contributed by atoms with Gasteiger partial charge in [0.2, 0.25) is 5.91 Å². The molecular formula is C18H25N3O. The molecule has 4 nitrogen and oxygen atoms in total. The van der Waals surface area contributed by atoms with Crippen molar-refractivity contribution in [2.75, 3.05) is 6.54 Å². The smallest absolute Gasteiger partial charge is 0.235 e. The summed E-state index contributed by atoms with van der Waals surface area (Å²) in [4.78, 5) is 14.6. The Morgan fingerprint density at radius 1 is 1.41 bits per heavy atom. The van der Waals surface area contributed by atoms with Crippen LogP contribution in [-0.4, -0.2) is 28.9 Å². The molecule has 1 aliphatic rings. The molecule has 1 saturated carbocycles. The third-order valence-corrected chi connectivity index (χ3v) is 4.42. The topological polar surface area (TPSA) is 56.1 Å². The molecular weight excluding hydrogens is 274 g/mol. The number of benzene rings is 1. The average Bonchev–Trinajstić information content (AvgIpc) is 3.32. The molecule has 4 heteroatoms. The number of hydrogen-bond acceptors (Lipinski definition) is 3. The highest BCUT2D eigenvalue weighted by Gasteiger charge is 2.33. The van der Waals surface area contributed by atoms with Crippen LogP contribution in [0.4, 0.5) is 0 Å². The maximum Gasteiger partial charge on any atom is 0.235 e. The van der Waals surface area contributed by atoms with Crippen LogP contribution >= 0.6 is 0 Å². The predicted octanol–water partition coefficient (Wildman–Crippen LogP) is 2.71. The molecule has 0 heterocycles. The summed E-state index contributed by atoms with van der Waals surface area (Å²) in [5.74, 6) is 0.00512. The van der Waals surface area contributed by atoms with Gasteiger partial charge in [-0.25, -0.2) is 0 Å². The van der Waals surface area contributed by atoms with Gasteiger partial charge in [0.1, 0.15) is 5.54 Å². The SMILES string of the molecule is CC(C)[C@@](C)(C#N)NC(=O)CN(Cc1ccccc1)C1CC1. The van der Waals surface area contributed by atoms with E-state index in [1.54, 1.807) is 6.92 Å². The van der Waals surface area contributed by atoms with Gasteiger partial charge in [-0.3, -0.25) is 9.69 Å². The number of nitriles is 1. The number of nitrogens with zero attached hydrogens (tertiary/aromatic N) is 2. The first-order valence-corrected chi connectivity index (χ1v) is 7.95. The van der Waals surface area contributed by atoms with E-state index in [1.165, 1.54) is 5.56 Å². The lowest BCUT2D eigenvalue weighted by Gasteiger charge is -2.29. The van der Waals surface area contributed by atoms with Crippen molar-refractivity contribution >= 4 is 5.91 Å². The van der Waals surface area contributed by atoms with E-state index in [2.05, 4.69) is 28.4 Å². The molecule has 0 aromatic heterocycles. The van der Waals surface area contributed by atoms with E-state index in [0.717, 1.165) is 19.4 Å². The second-order valence-corrected chi connectivity index (χ2v) is 6.64. The minimum absolute atomic E-state index is 0.0689. The van der Waals surface area contributed by atoms with Gasteiger partial charge in [-0.1, -0.05) is 44.2 Å². The van der Waals surface area contributed by atoms with Gasteiger partial charge in [-0.05, 0) is 31.2 Å². The Kier molecular flexibility index (Phi) is 5.20. The first kappa shape index (κ1) is 16.5. The van der Waals surface area contributed by atoms with Gasteiger partial charge in [0.15, 0.2) is 0 Å². The highest BCUT2D eigenvalue weighted by Crippen LogP contribution is 2.28. The molecule has 22 heavy (non-hydrogen) atoms. The summed E-state index contributed by atoms with van der Waals surface area (Å²) >= 11 is 0. The summed E-state index contributed by atoms with van der Waals surface area (Å²) in [5.41, 5.74) is 0.410. The molecule has 0 saturated heterocycles. The van der Waals surface area contributed by atoms with E-state index in [4.69, 9.17) is 0 Å². The average molecular weight is 299 g/mol. The van der Waals surface area contributed by atoms with Gasteiger partial charge in [0, 0.05) is 12.6 Å². The van der Waals surface area contributed by atoms with Crippen LogP contribution < -0.4 is 5.32 Å². The van der Waals surface area contributed by atoms with Crippen molar-refractivity contribution in [2.24, 2.45) is 5.92 Å². The summed E-state index contributed by atoms with van der Waals surface area (Å²) in [6.07, 6.45) is 2.31. The van der Waals surface area contributed by atoms with Gasteiger partial charge in [0.05, 0.1) is 12.6 Å². The molecule has 1 aromatic carbocycles. The van der Waals surface area contributed by atoms with Crippen LogP contribution in [0, 0.1) is 17.2 Å². The van der Waals surface area contributed by atoms with Gasteiger partial charge in [0.25, 0.3) is 0 Å². The molecule has 1 aromatic rings. The fourth-order valence-electron chi connectivity index (χ4n) is 2.39. The zero-order chi connectivity index (χ0) is 16.2. The van der Waals surface area contributed by atoms with Crippen molar-refractivity contribution in [1.29, 1.82) is 5.26 Å². The number of hydrogen-bond donors (Lipinski definition) is 1. The van der Waals surface area contributed by atoms with E-state index in [1.807, 2.05) is 32.0 Å². The largest absolute Gasteiger partial charge is 0.337 e. The van der Waals surface area contributed by atoms with Crippen molar-refractivity contribution in [2.45, 2.75) is 51.7 Å². The highest BCUT2D eigenvalue weighted by atomic mass is 16.2. The number of rotatable bonds is 7. The highest BCUT2D eigenvalue weighted by molar-refractivity contribution is 5.79. The van der Waals surface area contributed by atoms with E-state index in [0.29, 0.717) is 12.6 Å². The van der Waals surface area contributed by atoms with Crippen LogP contribution in [0.1, 0.15) is 39.2 Å². The predicted molar refractivity (Wildman–Crippen MR) is 86.9 cm³/mol. The minimum Gasteiger partial charge on any atom is -0.337 e. The fourth-order valence-corrected chi connectivity index (χ4v) is 2.39. The van der Waals surface area contributed by atoms with Crippen molar-refractivity contribution in [3.63, 3.8) is 0 Å². The van der Waals surface area contributed by atoms with Crippen molar-refractivity contribution < 1.29 is 4.79 Å². The summed E-state index contributed by atoms with van der Waals surface area (Å²) in [5, 5.41) is 12.2. The summed E-state index contributed by atoms with van der Waals surface area (Å²) in [7, 11) is 0. The number of amides is 1. The quantitative estimate of drug-likeness (QED) is 0.842. The molecule has 0 aliphatic heterocycles. The third-order valence-electron chi connectivity index (χ3n) is 4.42. The standard InChI is InChI=1S/C18H25N3O/c1-14(2)18(3,13-19)20-17(22)12-21(16-9-10-16)11-15-7-5-4-6-8-15/h4-8,14,16H,9-12H2,1-3H3,(H,20,22)/t18-/m1/s1. The maximum atomic E-state index is 12.4. The molecule has 2 rings (SSSR count). The second-order valence-electron chi connectivity index (χ2n) is 6.64. The van der Waals surface area contributed by atoms with Crippen LogP contribution in [0.3, 0.4) is 0 Å². The zero-order valence-electron chi connectivity index (χ0n) is 13.7. The van der Waals surface area contributed by atoms with Crippen LogP contribution in [0.2, 0.25) is 0 Å². The van der Waals surface area contributed by atoms with Gasteiger partial charge < -0.3 is 5.32 Å². The molecule has 1 aliphatic carbocycles.